The van der Waals surface area contributed by atoms with E-state index in [0.717, 1.165) is 11.4 Å². The Morgan fingerprint density at radius 1 is 1.00 bits per heavy atom. The highest BCUT2D eigenvalue weighted by Gasteiger charge is 2.11. The standard InChI is InChI=1S/C15H20N4/c16-10-15-11-17-12-19(15)14-6-4-13(5-7-14)18-8-2-1-3-9-18/h4-7,11-12H,1-3,8-10,16H2. The van der Waals surface area contributed by atoms with E-state index in [4.69, 9.17) is 5.73 Å². The van der Waals surface area contributed by atoms with Gasteiger partial charge in [-0.25, -0.2) is 4.98 Å². The second kappa shape index (κ2) is 5.45. The molecule has 100 valence electrons. The predicted octanol–water partition coefficient (Wildman–Crippen LogP) is 2.32. The Balaban J connectivity index is 1.82. The van der Waals surface area contributed by atoms with E-state index in [-0.39, 0.29) is 0 Å². The van der Waals surface area contributed by atoms with E-state index in [9.17, 15) is 0 Å². The largest absolute Gasteiger partial charge is 0.372 e. The van der Waals surface area contributed by atoms with Gasteiger partial charge in [0.05, 0.1) is 12.0 Å². The van der Waals surface area contributed by atoms with Gasteiger partial charge < -0.3 is 15.2 Å². The molecule has 4 heteroatoms. The molecule has 1 aliphatic heterocycles. The van der Waals surface area contributed by atoms with Crippen LogP contribution in [0.25, 0.3) is 5.69 Å². The van der Waals surface area contributed by atoms with Crippen LogP contribution in [0, 0.1) is 0 Å². The van der Waals surface area contributed by atoms with Crippen LogP contribution in [0.5, 0.6) is 0 Å². The molecule has 2 N–H and O–H groups in total. The number of aromatic nitrogens is 2. The molecule has 0 aliphatic carbocycles. The average Bonchev–Trinajstić information content (AvgIpc) is 2.97. The first kappa shape index (κ1) is 12.2. The van der Waals surface area contributed by atoms with Gasteiger partial charge in [-0.05, 0) is 43.5 Å². The molecule has 0 spiro atoms. The van der Waals surface area contributed by atoms with Crippen LogP contribution in [0.1, 0.15) is 25.0 Å². The minimum atomic E-state index is 0.508. The van der Waals surface area contributed by atoms with Gasteiger partial charge >= 0.3 is 0 Å². The van der Waals surface area contributed by atoms with Crippen molar-refractivity contribution in [1.82, 2.24) is 9.55 Å². The van der Waals surface area contributed by atoms with Crippen LogP contribution in [-0.4, -0.2) is 22.6 Å². The lowest BCUT2D eigenvalue weighted by atomic mass is 10.1. The molecule has 0 radical (unpaired) electrons. The minimum absolute atomic E-state index is 0.508. The monoisotopic (exact) mass is 256 g/mol. The number of nitrogens with two attached hydrogens (primary N) is 1. The van der Waals surface area contributed by atoms with Crippen molar-refractivity contribution in [3.63, 3.8) is 0 Å². The normalized spacial score (nSPS) is 15.7. The minimum Gasteiger partial charge on any atom is -0.372 e. The highest BCUT2D eigenvalue weighted by Crippen LogP contribution is 2.21. The maximum atomic E-state index is 5.71. The van der Waals surface area contributed by atoms with Gasteiger partial charge in [0, 0.05) is 37.2 Å². The predicted molar refractivity (Wildman–Crippen MR) is 77.5 cm³/mol. The molecule has 1 fully saturated rings. The van der Waals surface area contributed by atoms with Crippen LogP contribution in [0.3, 0.4) is 0 Å². The molecule has 19 heavy (non-hydrogen) atoms. The molecule has 0 amide bonds. The third-order valence-corrected chi connectivity index (χ3v) is 3.77. The van der Waals surface area contributed by atoms with Gasteiger partial charge in [0.25, 0.3) is 0 Å². The third-order valence-electron chi connectivity index (χ3n) is 3.77. The first-order valence-electron chi connectivity index (χ1n) is 6.95. The highest BCUT2D eigenvalue weighted by atomic mass is 15.1. The summed E-state index contributed by atoms with van der Waals surface area (Å²) in [5.41, 5.74) is 9.18. The number of anilines is 1. The van der Waals surface area contributed by atoms with Crippen LogP contribution in [-0.2, 0) is 6.54 Å². The molecule has 1 aromatic heterocycles. The van der Waals surface area contributed by atoms with E-state index in [1.165, 1.54) is 38.0 Å². The van der Waals surface area contributed by atoms with Gasteiger partial charge in [0.1, 0.15) is 0 Å². The molecule has 3 rings (SSSR count). The highest BCUT2D eigenvalue weighted by molar-refractivity contribution is 5.51. The number of imidazole rings is 1. The lowest BCUT2D eigenvalue weighted by molar-refractivity contribution is 0.578. The van der Waals surface area contributed by atoms with Crippen LogP contribution >= 0.6 is 0 Å². The molecule has 2 aromatic rings. The summed E-state index contributed by atoms with van der Waals surface area (Å²) >= 11 is 0. The Bertz CT molecular complexity index is 523. The van der Waals surface area contributed by atoms with Crippen LogP contribution in [0.15, 0.2) is 36.8 Å². The summed E-state index contributed by atoms with van der Waals surface area (Å²) < 4.78 is 2.04. The molecule has 1 aliphatic rings. The third kappa shape index (κ3) is 2.49. The van der Waals surface area contributed by atoms with Gasteiger partial charge in [-0.15, -0.1) is 0 Å². The molecule has 4 nitrogen and oxygen atoms in total. The SMILES string of the molecule is NCc1cncn1-c1ccc(N2CCCCC2)cc1. The maximum absolute atomic E-state index is 5.71. The number of rotatable bonds is 3. The van der Waals surface area contributed by atoms with E-state index in [0.29, 0.717) is 6.54 Å². The summed E-state index contributed by atoms with van der Waals surface area (Å²) in [5.74, 6) is 0. The van der Waals surface area contributed by atoms with Crippen LogP contribution in [0.2, 0.25) is 0 Å². The summed E-state index contributed by atoms with van der Waals surface area (Å²) in [5, 5.41) is 0. The van der Waals surface area contributed by atoms with E-state index >= 15 is 0 Å². The van der Waals surface area contributed by atoms with Crippen molar-refractivity contribution in [1.29, 1.82) is 0 Å². The molecule has 2 heterocycles. The zero-order valence-electron chi connectivity index (χ0n) is 11.1. The van der Waals surface area contributed by atoms with Crippen LogP contribution < -0.4 is 10.6 Å². The second-order valence-corrected chi connectivity index (χ2v) is 5.02. The smallest absolute Gasteiger partial charge is 0.0994 e. The number of nitrogens with zero attached hydrogens (tertiary/aromatic N) is 3. The van der Waals surface area contributed by atoms with E-state index in [1.807, 2.05) is 17.1 Å². The summed E-state index contributed by atoms with van der Waals surface area (Å²) in [4.78, 5) is 6.62. The Hall–Kier alpha value is -1.81. The Labute approximate surface area is 113 Å². The van der Waals surface area contributed by atoms with Crippen LogP contribution in [0.4, 0.5) is 5.69 Å². The van der Waals surface area contributed by atoms with Gasteiger partial charge in [0.15, 0.2) is 0 Å². The maximum Gasteiger partial charge on any atom is 0.0994 e. The first-order valence-corrected chi connectivity index (χ1v) is 6.95. The molecule has 0 atom stereocenters. The lowest BCUT2D eigenvalue weighted by Gasteiger charge is -2.28. The molecule has 1 aromatic carbocycles. The fraction of sp³-hybridized carbons (Fsp3) is 0.400. The van der Waals surface area contributed by atoms with Crippen molar-refractivity contribution in [3.05, 3.63) is 42.5 Å². The zero-order chi connectivity index (χ0) is 13.1. The Kier molecular flexibility index (Phi) is 3.51. The lowest BCUT2D eigenvalue weighted by Crippen LogP contribution is -2.29. The number of hydrogen-bond acceptors (Lipinski definition) is 3. The number of hydrogen-bond donors (Lipinski definition) is 1. The Morgan fingerprint density at radius 2 is 1.68 bits per heavy atom. The molecular formula is C15H20N4. The summed E-state index contributed by atoms with van der Waals surface area (Å²) in [6.45, 7) is 2.87. The fourth-order valence-electron chi connectivity index (χ4n) is 2.68. The van der Waals surface area contributed by atoms with E-state index in [1.54, 1.807) is 0 Å². The van der Waals surface area contributed by atoms with Crippen molar-refractivity contribution in [2.24, 2.45) is 5.73 Å². The summed E-state index contributed by atoms with van der Waals surface area (Å²) in [7, 11) is 0. The fourth-order valence-corrected chi connectivity index (χ4v) is 2.68. The van der Waals surface area contributed by atoms with Crippen molar-refractivity contribution >= 4 is 5.69 Å². The zero-order valence-corrected chi connectivity index (χ0v) is 11.1. The average molecular weight is 256 g/mol. The molecule has 0 unspecified atom stereocenters. The molecule has 1 saturated heterocycles. The topological polar surface area (TPSA) is 47.1 Å². The van der Waals surface area contributed by atoms with Gasteiger partial charge in [-0.3, -0.25) is 0 Å². The van der Waals surface area contributed by atoms with Gasteiger partial charge in [-0.1, -0.05) is 0 Å². The molecule has 0 bridgehead atoms. The molecule has 0 saturated carbocycles. The summed E-state index contributed by atoms with van der Waals surface area (Å²) in [6.07, 6.45) is 7.61. The van der Waals surface area contributed by atoms with Crippen molar-refractivity contribution in [3.8, 4) is 5.69 Å². The van der Waals surface area contributed by atoms with Crippen molar-refractivity contribution in [2.45, 2.75) is 25.8 Å². The quantitative estimate of drug-likeness (QED) is 0.916. The number of piperidine rings is 1. The van der Waals surface area contributed by atoms with Crippen molar-refractivity contribution < 1.29 is 0 Å². The van der Waals surface area contributed by atoms with Crippen molar-refractivity contribution in [2.75, 3.05) is 18.0 Å². The second-order valence-electron chi connectivity index (χ2n) is 5.02. The Morgan fingerprint density at radius 3 is 2.37 bits per heavy atom. The summed E-state index contributed by atoms with van der Waals surface area (Å²) in [6, 6.07) is 8.68. The van der Waals surface area contributed by atoms with Gasteiger partial charge in [-0.2, -0.15) is 0 Å². The number of benzene rings is 1. The first-order chi connectivity index (χ1) is 9.38. The molecular weight excluding hydrogens is 236 g/mol. The van der Waals surface area contributed by atoms with E-state index < -0.39 is 0 Å². The van der Waals surface area contributed by atoms with E-state index in [2.05, 4.69) is 34.1 Å². The van der Waals surface area contributed by atoms with Gasteiger partial charge in [0.2, 0.25) is 0 Å².